The van der Waals surface area contributed by atoms with E-state index < -0.39 is 0 Å². The Balaban J connectivity index is 0.00000196. The van der Waals surface area contributed by atoms with Crippen LogP contribution in [0.25, 0.3) is 10.9 Å². The van der Waals surface area contributed by atoms with E-state index in [1.165, 1.54) is 27.7 Å². The zero-order valence-corrected chi connectivity index (χ0v) is 16.3. The summed E-state index contributed by atoms with van der Waals surface area (Å²) in [4.78, 5) is 0. The summed E-state index contributed by atoms with van der Waals surface area (Å²) in [5.74, 6) is 1.75. The molecule has 2 aromatic carbocycles. The summed E-state index contributed by atoms with van der Waals surface area (Å²) in [7, 11) is 3.42. The molecule has 1 aromatic heterocycles. The van der Waals surface area contributed by atoms with Crippen LogP contribution in [0.5, 0.6) is 11.5 Å². The quantitative estimate of drug-likeness (QED) is 0.749. The smallest absolute Gasteiger partial charge is 0.124 e. The predicted molar refractivity (Wildman–Crippen MR) is 108 cm³/mol. The fraction of sp³-hybridized carbons (Fsp3) is 0.333. The van der Waals surface area contributed by atoms with Gasteiger partial charge < -0.3 is 19.4 Å². The van der Waals surface area contributed by atoms with E-state index in [1.54, 1.807) is 14.2 Å². The van der Waals surface area contributed by atoms with Gasteiger partial charge in [-0.05, 0) is 55.8 Å². The third kappa shape index (κ3) is 3.15. The molecule has 0 spiro atoms. The number of aryl methyl sites for hydroxylation is 1. The second-order valence-electron chi connectivity index (χ2n) is 6.64. The van der Waals surface area contributed by atoms with E-state index in [4.69, 9.17) is 9.47 Å². The molecule has 0 aliphatic carbocycles. The number of methoxy groups -OCH3 is 2. The molecule has 0 atom stereocenters. The number of nitrogens with one attached hydrogen (secondary N) is 1. The van der Waals surface area contributed by atoms with Gasteiger partial charge in [-0.2, -0.15) is 0 Å². The van der Waals surface area contributed by atoms with Gasteiger partial charge in [0.05, 0.1) is 20.8 Å². The topological polar surface area (TPSA) is 35.4 Å². The summed E-state index contributed by atoms with van der Waals surface area (Å²) in [6, 6.07) is 12.8. The first kappa shape index (κ1) is 18.6. The number of nitrogens with zero attached hydrogens (tertiary/aromatic N) is 1. The number of benzene rings is 2. The maximum absolute atomic E-state index is 5.58. The van der Waals surface area contributed by atoms with Crippen molar-refractivity contribution in [1.82, 2.24) is 9.88 Å². The molecule has 1 aliphatic rings. The monoisotopic (exact) mass is 372 g/mol. The van der Waals surface area contributed by atoms with E-state index in [-0.39, 0.29) is 12.4 Å². The maximum Gasteiger partial charge on any atom is 0.124 e. The second-order valence-corrected chi connectivity index (χ2v) is 6.64. The van der Waals surface area contributed by atoms with E-state index in [2.05, 4.69) is 41.1 Å². The van der Waals surface area contributed by atoms with E-state index in [1.807, 2.05) is 12.1 Å². The molecule has 0 amide bonds. The van der Waals surface area contributed by atoms with Crippen LogP contribution in [-0.2, 0) is 19.5 Å². The summed E-state index contributed by atoms with van der Waals surface area (Å²) < 4.78 is 13.4. The molecule has 4 rings (SSSR count). The molecule has 138 valence electrons. The first-order valence-electron chi connectivity index (χ1n) is 8.73. The number of fused-ring (bicyclic) bond motifs is 3. The lowest BCUT2D eigenvalue weighted by Crippen LogP contribution is -2.25. The van der Waals surface area contributed by atoms with Crippen LogP contribution in [0.1, 0.15) is 22.4 Å². The Morgan fingerprint density at radius 3 is 2.69 bits per heavy atom. The predicted octanol–water partition coefficient (Wildman–Crippen LogP) is 4.08. The van der Waals surface area contributed by atoms with Gasteiger partial charge in [-0.25, -0.2) is 0 Å². The molecular weight excluding hydrogens is 348 g/mol. The van der Waals surface area contributed by atoms with Crippen LogP contribution in [0, 0.1) is 6.92 Å². The molecule has 1 aliphatic heterocycles. The number of hydrogen-bond acceptors (Lipinski definition) is 3. The van der Waals surface area contributed by atoms with Gasteiger partial charge in [0.15, 0.2) is 0 Å². The maximum atomic E-state index is 5.58. The number of halogens is 1. The lowest BCUT2D eigenvalue weighted by atomic mass is 10.0. The summed E-state index contributed by atoms with van der Waals surface area (Å²) in [6.45, 7) is 4.89. The minimum absolute atomic E-state index is 0. The standard InChI is InChI=1S/C21H24N2O2.ClH/c1-14-4-6-19-18(10-14)17-8-9-22-12-20(17)23(19)13-15-11-16(24-2)5-7-21(15)25-3;/h4-7,10-11,22H,8-9,12-13H2,1-3H3;1H. The summed E-state index contributed by atoms with van der Waals surface area (Å²) >= 11 is 0. The van der Waals surface area contributed by atoms with Gasteiger partial charge in [-0.1, -0.05) is 11.6 Å². The lowest BCUT2D eigenvalue weighted by molar-refractivity contribution is 0.397. The van der Waals surface area contributed by atoms with Crippen LogP contribution in [0.2, 0.25) is 0 Å². The van der Waals surface area contributed by atoms with Crippen molar-refractivity contribution in [3.05, 3.63) is 58.8 Å². The van der Waals surface area contributed by atoms with Crippen molar-refractivity contribution >= 4 is 23.3 Å². The van der Waals surface area contributed by atoms with Crippen molar-refractivity contribution in [2.75, 3.05) is 20.8 Å². The third-order valence-electron chi connectivity index (χ3n) is 5.10. The number of hydrogen-bond donors (Lipinski definition) is 1. The molecule has 1 N–H and O–H groups in total. The molecule has 4 nitrogen and oxygen atoms in total. The van der Waals surface area contributed by atoms with E-state index in [0.29, 0.717) is 0 Å². The highest BCUT2D eigenvalue weighted by molar-refractivity contribution is 5.86. The summed E-state index contributed by atoms with van der Waals surface area (Å²) in [6.07, 6.45) is 1.08. The Kier molecular flexibility index (Phi) is 5.44. The Bertz CT molecular complexity index is 933. The van der Waals surface area contributed by atoms with Gasteiger partial charge in [-0.3, -0.25) is 0 Å². The molecule has 3 aromatic rings. The fourth-order valence-corrected chi connectivity index (χ4v) is 3.85. The number of ether oxygens (including phenoxy) is 2. The molecule has 26 heavy (non-hydrogen) atoms. The molecule has 0 fully saturated rings. The van der Waals surface area contributed by atoms with Crippen LogP contribution in [-0.4, -0.2) is 25.3 Å². The van der Waals surface area contributed by atoms with Gasteiger partial charge in [0.1, 0.15) is 11.5 Å². The Labute approximate surface area is 160 Å². The van der Waals surface area contributed by atoms with Crippen molar-refractivity contribution in [1.29, 1.82) is 0 Å². The minimum atomic E-state index is 0. The minimum Gasteiger partial charge on any atom is -0.497 e. The lowest BCUT2D eigenvalue weighted by Gasteiger charge is -2.18. The third-order valence-corrected chi connectivity index (χ3v) is 5.10. The molecule has 5 heteroatoms. The van der Waals surface area contributed by atoms with Gasteiger partial charge in [0.2, 0.25) is 0 Å². The SMILES string of the molecule is COc1ccc(OC)c(Cn2c3c(c4cc(C)ccc42)CCNC3)c1.Cl. The normalized spacial score (nSPS) is 13.2. The Morgan fingerprint density at radius 2 is 1.92 bits per heavy atom. The highest BCUT2D eigenvalue weighted by Gasteiger charge is 2.20. The van der Waals surface area contributed by atoms with E-state index >= 15 is 0 Å². The summed E-state index contributed by atoms with van der Waals surface area (Å²) in [5.41, 5.74) is 6.61. The highest BCUT2D eigenvalue weighted by Crippen LogP contribution is 2.32. The molecule has 0 radical (unpaired) electrons. The van der Waals surface area contributed by atoms with Crippen molar-refractivity contribution in [3.63, 3.8) is 0 Å². The first-order valence-corrected chi connectivity index (χ1v) is 8.73. The Morgan fingerprint density at radius 1 is 1.08 bits per heavy atom. The van der Waals surface area contributed by atoms with Gasteiger partial charge in [0, 0.05) is 28.7 Å². The largest absolute Gasteiger partial charge is 0.497 e. The molecule has 0 unspecified atom stereocenters. The van der Waals surface area contributed by atoms with Crippen LogP contribution in [0.4, 0.5) is 0 Å². The average molecular weight is 373 g/mol. The zero-order valence-electron chi connectivity index (χ0n) is 15.5. The average Bonchev–Trinajstić information content (AvgIpc) is 2.95. The Hall–Kier alpha value is -2.17. The number of rotatable bonds is 4. The molecule has 0 bridgehead atoms. The fourth-order valence-electron chi connectivity index (χ4n) is 3.85. The molecule has 0 saturated carbocycles. The van der Waals surface area contributed by atoms with E-state index in [9.17, 15) is 0 Å². The van der Waals surface area contributed by atoms with Crippen molar-refractivity contribution in [2.45, 2.75) is 26.4 Å². The van der Waals surface area contributed by atoms with Crippen LogP contribution in [0.15, 0.2) is 36.4 Å². The van der Waals surface area contributed by atoms with Crippen LogP contribution in [0.3, 0.4) is 0 Å². The second kappa shape index (κ2) is 7.60. The highest BCUT2D eigenvalue weighted by atomic mass is 35.5. The van der Waals surface area contributed by atoms with E-state index in [0.717, 1.165) is 43.1 Å². The molecular formula is C21H25ClN2O2. The van der Waals surface area contributed by atoms with Crippen LogP contribution < -0.4 is 14.8 Å². The van der Waals surface area contributed by atoms with Gasteiger partial charge in [0.25, 0.3) is 0 Å². The molecule has 0 saturated heterocycles. The van der Waals surface area contributed by atoms with Crippen LogP contribution >= 0.6 is 12.4 Å². The summed E-state index contributed by atoms with van der Waals surface area (Å²) in [5, 5.41) is 4.90. The molecule has 2 heterocycles. The number of aromatic nitrogens is 1. The van der Waals surface area contributed by atoms with Crippen molar-refractivity contribution < 1.29 is 9.47 Å². The van der Waals surface area contributed by atoms with Gasteiger partial charge >= 0.3 is 0 Å². The first-order chi connectivity index (χ1) is 12.2. The van der Waals surface area contributed by atoms with Crippen molar-refractivity contribution in [2.24, 2.45) is 0 Å². The van der Waals surface area contributed by atoms with Crippen molar-refractivity contribution in [3.8, 4) is 11.5 Å². The van der Waals surface area contributed by atoms with Gasteiger partial charge in [-0.15, -0.1) is 12.4 Å². The zero-order chi connectivity index (χ0) is 17.4.